The molecule has 0 amide bonds. The van der Waals surface area contributed by atoms with Gasteiger partial charge in [0.2, 0.25) is 0 Å². The van der Waals surface area contributed by atoms with Crippen LogP contribution in [0.25, 0.3) is 5.69 Å². The summed E-state index contributed by atoms with van der Waals surface area (Å²) in [4.78, 5) is 0. The zero-order chi connectivity index (χ0) is 11.5. The van der Waals surface area contributed by atoms with Gasteiger partial charge in [-0.05, 0) is 29.0 Å². The number of tetrazole rings is 1. The maximum atomic E-state index is 9.47. The van der Waals surface area contributed by atoms with Crippen LogP contribution in [0.15, 0.2) is 18.2 Å². The van der Waals surface area contributed by atoms with Crippen LogP contribution in [-0.2, 0) is 11.3 Å². The molecule has 0 saturated heterocycles. The van der Waals surface area contributed by atoms with Crippen LogP contribution in [0, 0.1) is 6.92 Å². The van der Waals surface area contributed by atoms with E-state index in [9.17, 15) is 5.11 Å². The number of aromatic hydroxyl groups is 1. The molecule has 17 heavy (non-hydrogen) atoms. The monoisotopic (exact) mass is 244 g/mol. The number of hydrogen-bond donors (Lipinski definition) is 1. The molecule has 0 aliphatic heterocycles. The Morgan fingerprint density at radius 2 is 2.18 bits per heavy atom. The second kappa shape index (κ2) is 6.11. The molecule has 1 aromatic heterocycles. The van der Waals surface area contributed by atoms with E-state index in [1.807, 2.05) is 25.1 Å². The molecule has 2 aromatic rings. The predicted molar refractivity (Wildman–Crippen MR) is 63.4 cm³/mol. The Hall–Kier alpha value is -0.950. The summed E-state index contributed by atoms with van der Waals surface area (Å²) >= 11 is 0. The molecule has 0 fully saturated rings. The predicted octanol–water partition coefficient (Wildman–Crippen LogP) is 0.174. The van der Waals surface area contributed by atoms with Crippen molar-refractivity contribution in [2.45, 2.75) is 13.5 Å². The van der Waals surface area contributed by atoms with Gasteiger partial charge in [0, 0.05) is 12.7 Å². The average molecular weight is 244 g/mol. The van der Waals surface area contributed by atoms with Gasteiger partial charge in [-0.3, -0.25) is 0 Å². The van der Waals surface area contributed by atoms with Gasteiger partial charge < -0.3 is 9.84 Å². The van der Waals surface area contributed by atoms with Gasteiger partial charge in [-0.2, -0.15) is 4.68 Å². The van der Waals surface area contributed by atoms with Crippen molar-refractivity contribution in [3.05, 3.63) is 29.3 Å². The zero-order valence-electron chi connectivity index (χ0n) is 9.08. The maximum absolute atomic E-state index is 9.47. The van der Waals surface area contributed by atoms with Gasteiger partial charge in [0.25, 0.3) is 0 Å². The molecule has 0 aliphatic rings. The molecule has 1 aromatic carbocycles. The van der Waals surface area contributed by atoms with Crippen molar-refractivity contribution in [2.24, 2.45) is 0 Å². The van der Waals surface area contributed by atoms with Gasteiger partial charge in [-0.1, -0.05) is 17.2 Å². The third-order valence-electron chi connectivity index (χ3n) is 2.36. The summed E-state index contributed by atoms with van der Waals surface area (Å²) in [6.07, 6.45) is 0. The zero-order valence-corrected chi connectivity index (χ0v) is 9.08. The van der Waals surface area contributed by atoms with E-state index >= 15 is 0 Å². The van der Waals surface area contributed by atoms with Gasteiger partial charge in [0.05, 0.1) is 12.3 Å². The molecule has 2 rings (SSSR count). The Morgan fingerprint density at radius 3 is 2.76 bits per heavy atom. The van der Waals surface area contributed by atoms with Crippen LogP contribution in [0.2, 0.25) is 0 Å². The van der Waals surface area contributed by atoms with Crippen LogP contribution in [0.4, 0.5) is 0 Å². The third kappa shape index (κ3) is 2.84. The number of benzene rings is 1. The molecule has 86 valence electrons. The number of aryl methyl sites for hydroxylation is 1. The van der Waals surface area contributed by atoms with Gasteiger partial charge in [-0.25, -0.2) is 0 Å². The molecule has 0 unspecified atom stereocenters. The minimum absolute atomic E-state index is 0. The Bertz CT molecular complexity index is 501. The van der Waals surface area contributed by atoms with Crippen molar-refractivity contribution in [1.29, 1.82) is 0 Å². The summed E-state index contributed by atoms with van der Waals surface area (Å²) in [5.74, 6) is 0. The van der Waals surface area contributed by atoms with E-state index in [0.717, 1.165) is 16.8 Å². The standard InChI is InChI=1S/C10H12N4O2.Na.H/c1-7-4-3-5-9(8(7)6-16-2)14-10(15)11-12-13-14;;/h3-5H,6H2,1-2H3,(H,11,13,15);;. The first kappa shape index (κ1) is 14.1. The summed E-state index contributed by atoms with van der Waals surface area (Å²) in [6.45, 7) is 2.42. The topological polar surface area (TPSA) is 73.1 Å². The van der Waals surface area contributed by atoms with Crippen LogP contribution in [0.1, 0.15) is 11.1 Å². The Labute approximate surface area is 121 Å². The fourth-order valence-corrected chi connectivity index (χ4v) is 1.56. The Balaban J connectivity index is 0.00000144. The normalized spacial score (nSPS) is 10.0. The van der Waals surface area contributed by atoms with E-state index in [-0.39, 0.29) is 35.6 Å². The van der Waals surface area contributed by atoms with Crippen LogP contribution < -0.4 is 0 Å². The van der Waals surface area contributed by atoms with E-state index in [2.05, 4.69) is 15.5 Å². The van der Waals surface area contributed by atoms with Gasteiger partial charge in [-0.15, -0.1) is 0 Å². The molecule has 0 radical (unpaired) electrons. The summed E-state index contributed by atoms with van der Waals surface area (Å²) in [5.41, 5.74) is 2.74. The fourth-order valence-electron chi connectivity index (χ4n) is 1.56. The van der Waals surface area contributed by atoms with E-state index in [1.165, 1.54) is 4.68 Å². The average Bonchev–Trinajstić information content (AvgIpc) is 2.68. The molecule has 0 atom stereocenters. The Morgan fingerprint density at radius 1 is 1.41 bits per heavy atom. The summed E-state index contributed by atoms with van der Waals surface area (Å²) < 4.78 is 6.40. The van der Waals surface area contributed by atoms with Crippen LogP contribution in [0.5, 0.6) is 6.01 Å². The first-order valence-corrected chi connectivity index (χ1v) is 4.79. The van der Waals surface area contributed by atoms with E-state index < -0.39 is 0 Å². The molecule has 0 spiro atoms. The van der Waals surface area contributed by atoms with Gasteiger partial charge >= 0.3 is 35.6 Å². The third-order valence-corrected chi connectivity index (χ3v) is 2.36. The number of aromatic nitrogens is 4. The number of ether oxygens (including phenoxy) is 1. The molecule has 6 nitrogen and oxygen atoms in total. The molecule has 1 N–H and O–H groups in total. The Kier molecular flexibility index (Phi) is 5.07. The molecule has 0 bridgehead atoms. The van der Waals surface area contributed by atoms with Gasteiger partial charge in [0.1, 0.15) is 0 Å². The van der Waals surface area contributed by atoms with Crippen molar-refractivity contribution < 1.29 is 9.84 Å². The molecule has 0 aliphatic carbocycles. The van der Waals surface area contributed by atoms with Crippen LogP contribution >= 0.6 is 0 Å². The second-order valence-corrected chi connectivity index (χ2v) is 3.40. The van der Waals surface area contributed by atoms with Crippen molar-refractivity contribution in [3.8, 4) is 11.7 Å². The van der Waals surface area contributed by atoms with Crippen molar-refractivity contribution >= 4 is 29.6 Å². The summed E-state index contributed by atoms with van der Waals surface area (Å²) in [7, 11) is 1.62. The SMILES string of the molecule is COCc1c(C)cccc1-n1nnnc1O.[NaH]. The number of methoxy groups -OCH3 is 1. The first-order chi connectivity index (χ1) is 7.74. The molecule has 0 saturated carbocycles. The molecule has 1 heterocycles. The van der Waals surface area contributed by atoms with Gasteiger partial charge in [0.15, 0.2) is 0 Å². The van der Waals surface area contributed by atoms with E-state index in [1.54, 1.807) is 7.11 Å². The second-order valence-electron chi connectivity index (χ2n) is 3.40. The molecule has 7 heteroatoms. The van der Waals surface area contributed by atoms with E-state index in [4.69, 9.17) is 4.74 Å². The van der Waals surface area contributed by atoms with E-state index in [0.29, 0.717) is 6.61 Å². The molecular weight excluding hydrogens is 231 g/mol. The van der Waals surface area contributed by atoms with Crippen molar-refractivity contribution in [2.75, 3.05) is 7.11 Å². The molecular formula is C10H13N4NaO2. The van der Waals surface area contributed by atoms with Crippen LogP contribution in [0.3, 0.4) is 0 Å². The van der Waals surface area contributed by atoms with Crippen molar-refractivity contribution in [1.82, 2.24) is 20.2 Å². The first-order valence-electron chi connectivity index (χ1n) is 4.79. The van der Waals surface area contributed by atoms with Crippen molar-refractivity contribution in [3.63, 3.8) is 0 Å². The quantitative estimate of drug-likeness (QED) is 0.779. The number of hydrogen-bond acceptors (Lipinski definition) is 5. The number of rotatable bonds is 3. The number of nitrogens with zero attached hydrogens (tertiary/aromatic N) is 4. The minimum atomic E-state index is -0.233. The summed E-state index contributed by atoms with van der Waals surface area (Å²) in [5, 5.41) is 20.0. The van der Waals surface area contributed by atoms with Crippen LogP contribution in [-0.4, -0.2) is 62.0 Å². The fraction of sp³-hybridized carbons (Fsp3) is 0.300. The summed E-state index contributed by atoms with van der Waals surface area (Å²) in [6, 6.07) is 5.45.